The summed E-state index contributed by atoms with van der Waals surface area (Å²) >= 11 is 0. The molecular weight excluding hydrogens is 447 g/mol. The molecule has 3 aromatic rings. The highest BCUT2D eigenvalue weighted by Gasteiger charge is 2.62. The van der Waals surface area contributed by atoms with E-state index in [4.69, 9.17) is 5.73 Å². The normalized spacial score (nSPS) is 22.6. The molecule has 0 saturated carbocycles. The lowest BCUT2D eigenvalue weighted by Gasteiger charge is -2.32. The molecule has 0 bridgehead atoms. The van der Waals surface area contributed by atoms with E-state index in [1.54, 1.807) is 48.5 Å². The predicted octanol–water partition coefficient (Wildman–Crippen LogP) is 3.64. The van der Waals surface area contributed by atoms with Gasteiger partial charge in [0, 0.05) is 7.05 Å². The number of ether oxygens (including phenoxy) is 1. The number of nitrogens with two attached hydrogens (primary N) is 1. The Kier molecular flexibility index (Phi) is 5.71. The zero-order valence-electron chi connectivity index (χ0n) is 18.4. The molecule has 0 radical (unpaired) electrons. The summed E-state index contributed by atoms with van der Waals surface area (Å²) in [6.07, 6.45) is -5.29. The average Bonchev–Trinajstić information content (AvgIpc) is 3.01. The van der Waals surface area contributed by atoms with Crippen LogP contribution >= 0.6 is 0 Å². The minimum Gasteiger partial charge on any atom is -0.404 e. The lowest BCUT2D eigenvalue weighted by atomic mass is 9.81. The number of alkyl halides is 3. The Balaban J connectivity index is 1.88. The number of nitrogens with zero attached hydrogens (tertiary/aromatic N) is 1. The highest BCUT2D eigenvalue weighted by atomic mass is 19.4. The van der Waals surface area contributed by atoms with E-state index in [0.717, 1.165) is 21.6 Å². The second-order valence-electron chi connectivity index (χ2n) is 8.14. The van der Waals surface area contributed by atoms with Crippen LogP contribution in [0, 0.1) is 6.92 Å². The van der Waals surface area contributed by atoms with Gasteiger partial charge in [-0.15, -0.1) is 0 Å². The van der Waals surface area contributed by atoms with E-state index in [1.807, 2.05) is 37.3 Å². The number of aryl methyl sites for hydroxylation is 1. The van der Waals surface area contributed by atoms with Gasteiger partial charge in [0.25, 0.3) is 5.91 Å². The van der Waals surface area contributed by atoms with Crippen LogP contribution in [0.15, 0.2) is 78.9 Å². The van der Waals surface area contributed by atoms with E-state index in [2.05, 4.69) is 10.1 Å². The van der Waals surface area contributed by atoms with Gasteiger partial charge in [-0.25, -0.2) is 10.1 Å². The highest BCUT2D eigenvalue weighted by molar-refractivity contribution is 5.95. The molecule has 0 aromatic heterocycles. The van der Waals surface area contributed by atoms with E-state index < -0.39 is 29.6 Å². The van der Waals surface area contributed by atoms with Gasteiger partial charge in [-0.05, 0) is 35.2 Å². The molecule has 6 nitrogen and oxygen atoms in total. The molecule has 3 aromatic carbocycles. The lowest BCUT2D eigenvalue weighted by Crippen LogP contribution is -2.64. The average molecular weight is 469 g/mol. The zero-order chi connectivity index (χ0) is 24.7. The van der Waals surface area contributed by atoms with Gasteiger partial charge in [0.05, 0.1) is 0 Å². The van der Waals surface area contributed by atoms with Crippen LogP contribution in [0.2, 0.25) is 0 Å². The van der Waals surface area contributed by atoms with Crippen LogP contribution in [0.4, 0.5) is 13.2 Å². The van der Waals surface area contributed by atoms with Crippen molar-refractivity contribution in [2.45, 2.75) is 24.6 Å². The fourth-order valence-electron chi connectivity index (χ4n) is 4.10. The highest BCUT2D eigenvalue weighted by Crippen LogP contribution is 2.41. The van der Waals surface area contributed by atoms with Crippen LogP contribution in [0.3, 0.4) is 0 Å². The number of amides is 1. The lowest BCUT2D eigenvalue weighted by molar-refractivity contribution is -0.228. The minimum absolute atomic E-state index is 0.420. The van der Waals surface area contributed by atoms with Gasteiger partial charge < -0.3 is 4.74 Å². The number of hydrogen-bond donors (Lipinski definition) is 2. The summed E-state index contributed by atoms with van der Waals surface area (Å²) in [6, 6.07) is 23.2. The summed E-state index contributed by atoms with van der Waals surface area (Å²) in [7, 11) is 1.17. The number of likely N-dealkylation sites (N-methyl/N-ethyl adjacent to an activating group) is 1. The van der Waals surface area contributed by atoms with Gasteiger partial charge in [0.1, 0.15) is 0 Å². The molecule has 2 atom stereocenters. The van der Waals surface area contributed by atoms with Crippen molar-refractivity contribution in [3.63, 3.8) is 0 Å². The molecule has 1 amide bonds. The zero-order valence-corrected chi connectivity index (χ0v) is 18.4. The predicted molar refractivity (Wildman–Crippen MR) is 119 cm³/mol. The molecule has 1 aliphatic rings. The second-order valence-corrected chi connectivity index (χ2v) is 8.14. The number of nitrogens with one attached hydrogen (secondary N) is 1. The van der Waals surface area contributed by atoms with E-state index in [-0.39, 0.29) is 0 Å². The van der Waals surface area contributed by atoms with Gasteiger partial charge >= 0.3 is 18.1 Å². The first-order valence-electron chi connectivity index (χ1n) is 10.4. The molecule has 1 heterocycles. The molecule has 0 spiro atoms. The summed E-state index contributed by atoms with van der Waals surface area (Å²) in [5, 5.41) is 2.72. The first kappa shape index (κ1) is 23.5. The van der Waals surface area contributed by atoms with Crippen molar-refractivity contribution in [1.29, 1.82) is 0 Å². The van der Waals surface area contributed by atoms with Crippen LogP contribution in [0.1, 0.15) is 16.7 Å². The molecule has 176 valence electrons. The van der Waals surface area contributed by atoms with Crippen molar-refractivity contribution in [3.8, 4) is 11.1 Å². The standard InChI is InChI=1S/C25H22F3N3O3/c1-16-8-6-9-17(14-16)18-10-7-13-20(15-18)23(19-11-4-3-5-12-19)21(32)31(2)25(29,30-23)34-22(33)24(26,27)28/h3-15,30H,29H2,1-2H3. The number of hydrogen-bond acceptors (Lipinski definition) is 5. The van der Waals surface area contributed by atoms with Crippen molar-refractivity contribution < 1.29 is 27.5 Å². The first-order chi connectivity index (χ1) is 16.0. The molecule has 1 fully saturated rings. The monoisotopic (exact) mass is 469 g/mol. The maximum atomic E-state index is 13.7. The second kappa shape index (κ2) is 8.27. The van der Waals surface area contributed by atoms with Crippen molar-refractivity contribution in [3.05, 3.63) is 95.6 Å². The van der Waals surface area contributed by atoms with Crippen LogP contribution in [-0.2, 0) is 19.9 Å². The molecule has 34 heavy (non-hydrogen) atoms. The summed E-state index contributed by atoms with van der Waals surface area (Å²) < 4.78 is 43.4. The van der Waals surface area contributed by atoms with Crippen molar-refractivity contribution in [2.24, 2.45) is 5.73 Å². The van der Waals surface area contributed by atoms with E-state index in [1.165, 1.54) is 7.05 Å². The Morgan fingerprint density at radius 3 is 2.15 bits per heavy atom. The maximum absolute atomic E-state index is 13.7. The number of carbonyl (C=O) groups excluding carboxylic acids is 2. The number of rotatable bonds is 4. The quantitative estimate of drug-likeness (QED) is 0.450. The van der Waals surface area contributed by atoms with Gasteiger partial charge in [-0.3, -0.25) is 15.4 Å². The Bertz CT molecular complexity index is 1250. The third kappa shape index (κ3) is 3.93. The number of carbonyl (C=O) groups is 2. The smallest absolute Gasteiger partial charge is 0.404 e. The molecule has 1 aliphatic heterocycles. The minimum atomic E-state index is -5.29. The van der Waals surface area contributed by atoms with Crippen LogP contribution < -0.4 is 11.1 Å². The van der Waals surface area contributed by atoms with Gasteiger partial charge in [0.15, 0.2) is 5.54 Å². The van der Waals surface area contributed by atoms with Crippen LogP contribution in [-0.4, -0.2) is 36.0 Å². The Morgan fingerprint density at radius 1 is 0.941 bits per heavy atom. The molecule has 4 rings (SSSR count). The topological polar surface area (TPSA) is 84.7 Å². The molecule has 0 aliphatic carbocycles. The van der Waals surface area contributed by atoms with Crippen molar-refractivity contribution in [2.75, 3.05) is 7.05 Å². The maximum Gasteiger partial charge on any atom is 0.491 e. The fraction of sp³-hybridized carbons (Fsp3) is 0.200. The number of halogens is 3. The molecule has 3 N–H and O–H groups in total. The van der Waals surface area contributed by atoms with E-state index in [0.29, 0.717) is 11.1 Å². The van der Waals surface area contributed by atoms with Gasteiger partial charge in [0.2, 0.25) is 0 Å². The Hall–Kier alpha value is -3.69. The van der Waals surface area contributed by atoms with Crippen LogP contribution in [0.25, 0.3) is 11.1 Å². The van der Waals surface area contributed by atoms with E-state index in [9.17, 15) is 22.8 Å². The van der Waals surface area contributed by atoms with Crippen LogP contribution in [0.5, 0.6) is 0 Å². The third-order valence-corrected chi connectivity index (χ3v) is 5.82. The van der Waals surface area contributed by atoms with Gasteiger partial charge in [-0.1, -0.05) is 78.4 Å². The summed E-state index contributed by atoms with van der Waals surface area (Å²) in [4.78, 5) is 26.1. The van der Waals surface area contributed by atoms with E-state index >= 15 is 0 Å². The third-order valence-electron chi connectivity index (χ3n) is 5.82. The largest absolute Gasteiger partial charge is 0.491 e. The molecular formula is C25H22F3N3O3. The fourth-order valence-corrected chi connectivity index (χ4v) is 4.10. The first-order valence-corrected chi connectivity index (χ1v) is 10.4. The molecule has 2 unspecified atom stereocenters. The summed E-state index contributed by atoms with van der Waals surface area (Å²) in [6.45, 7) is 1.95. The SMILES string of the molecule is Cc1cccc(-c2cccc(C3(c4ccccc4)NC(N)(OC(=O)C(F)(F)F)N(C)C3=O)c2)c1. The number of benzene rings is 3. The summed E-state index contributed by atoms with van der Waals surface area (Å²) in [5.41, 5.74) is 7.91. The Labute approximate surface area is 194 Å². The van der Waals surface area contributed by atoms with Crippen molar-refractivity contribution in [1.82, 2.24) is 10.2 Å². The summed E-state index contributed by atoms with van der Waals surface area (Å²) in [5.74, 6) is -5.74. The van der Waals surface area contributed by atoms with Gasteiger partial charge in [-0.2, -0.15) is 13.2 Å². The molecule has 1 saturated heterocycles. The Morgan fingerprint density at radius 2 is 1.53 bits per heavy atom. The van der Waals surface area contributed by atoms with Crippen molar-refractivity contribution >= 4 is 11.9 Å². The molecule has 9 heteroatoms. The number of esters is 1.